The van der Waals surface area contributed by atoms with Gasteiger partial charge in [0.05, 0.1) is 11.6 Å². The molecular weight excluding hydrogens is 332 g/mol. The lowest BCUT2D eigenvalue weighted by Crippen LogP contribution is -1.98. The normalized spacial score (nSPS) is 12.4. The maximum atomic E-state index is 6.16. The molecule has 7 heteroatoms. The molecule has 6 nitrogen and oxygen atoms in total. The average molecular weight is 348 g/mol. The van der Waals surface area contributed by atoms with Crippen molar-refractivity contribution in [2.45, 2.75) is 19.3 Å². The van der Waals surface area contributed by atoms with Crippen molar-refractivity contribution in [3.05, 3.63) is 59.6 Å². The molecule has 0 fully saturated rings. The van der Waals surface area contributed by atoms with E-state index in [1.54, 1.807) is 29.9 Å². The topological polar surface area (TPSA) is 90.5 Å². The van der Waals surface area contributed by atoms with Gasteiger partial charge in [0.25, 0.3) is 0 Å². The Labute approximate surface area is 148 Å². The molecule has 0 aliphatic carbocycles. The van der Waals surface area contributed by atoms with Crippen LogP contribution in [0.5, 0.6) is 0 Å². The Balaban J connectivity index is 1.69. The van der Waals surface area contributed by atoms with Crippen LogP contribution < -0.4 is 5.73 Å². The zero-order valence-electron chi connectivity index (χ0n) is 13.6. The van der Waals surface area contributed by atoms with Crippen LogP contribution in [0, 0.1) is 0 Å². The third-order valence-corrected chi connectivity index (χ3v) is 5.22. The Morgan fingerprint density at radius 3 is 2.80 bits per heavy atom. The van der Waals surface area contributed by atoms with E-state index in [2.05, 4.69) is 37.9 Å². The SMILES string of the molecule is CC(Cc1ccccn1)c1cc2c(N)nc(-c3cnccn3)nc2s1. The van der Waals surface area contributed by atoms with Crippen molar-refractivity contribution in [3.63, 3.8) is 0 Å². The van der Waals surface area contributed by atoms with Crippen LogP contribution in [0.1, 0.15) is 23.4 Å². The highest BCUT2D eigenvalue weighted by atomic mass is 32.1. The highest BCUT2D eigenvalue weighted by Crippen LogP contribution is 2.34. The summed E-state index contributed by atoms with van der Waals surface area (Å²) in [6.07, 6.45) is 7.57. The average Bonchev–Trinajstić information content (AvgIpc) is 3.08. The lowest BCUT2D eigenvalue weighted by atomic mass is 10.0. The van der Waals surface area contributed by atoms with Crippen LogP contribution in [0.25, 0.3) is 21.7 Å². The van der Waals surface area contributed by atoms with E-state index >= 15 is 0 Å². The first kappa shape index (κ1) is 15.6. The molecule has 0 aliphatic rings. The third-order valence-electron chi connectivity index (χ3n) is 3.96. The van der Waals surface area contributed by atoms with Gasteiger partial charge in [0, 0.05) is 29.2 Å². The zero-order chi connectivity index (χ0) is 17.2. The molecule has 0 radical (unpaired) electrons. The van der Waals surface area contributed by atoms with Crippen molar-refractivity contribution >= 4 is 27.4 Å². The maximum absolute atomic E-state index is 6.16. The summed E-state index contributed by atoms with van der Waals surface area (Å²) >= 11 is 1.64. The van der Waals surface area contributed by atoms with E-state index in [0.717, 1.165) is 22.3 Å². The van der Waals surface area contributed by atoms with E-state index in [9.17, 15) is 0 Å². The van der Waals surface area contributed by atoms with Gasteiger partial charge < -0.3 is 5.73 Å². The summed E-state index contributed by atoms with van der Waals surface area (Å²) in [4.78, 5) is 23.8. The number of pyridine rings is 1. The molecule has 0 aromatic carbocycles. The molecule has 124 valence electrons. The minimum absolute atomic E-state index is 0.327. The molecule has 0 amide bonds. The molecule has 4 heterocycles. The predicted octanol–water partition coefficient (Wildman–Crippen LogP) is 3.47. The molecular formula is C18H16N6S. The molecule has 4 aromatic rings. The van der Waals surface area contributed by atoms with Crippen molar-refractivity contribution in [2.75, 3.05) is 5.73 Å². The van der Waals surface area contributed by atoms with Crippen LogP contribution >= 0.6 is 11.3 Å². The van der Waals surface area contributed by atoms with Gasteiger partial charge in [-0.25, -0.2) is 15.0 Å². The summed E-state index contributed by atoms with van der Waals surface area (Å²) in [5.74, 6) is 1.30. The van der Waals surface area contributed by atoms with Crippen molar-refractivity contribution in [1.29, 1.82) is 0 Å². The number of nitrogen functional groups attached to an aromatic ring is 1. The summed E-state index contributed by atoms with van der Waals surface area (Å²) in [5, 5.41) is 0.889. The van der Waals surface area contributed by atoms with Crippen LogP contribution in [0.4, 0.5) is 5.82 Å². The van der Waals surface area contributed by atoms with Gasteiger partial charge in [-0.3, -0.25) is 9.97 Å². The van der Waals surface area contributed by atoms with E-state index in [1.807, 2.05) is 24.4 Å². The fraction of sp³-hybridized carbons (Fsp3) is 0.167. The highest BCUT2D eigenvalue weighted by molar-refractivity contribution is 7.18. The van der Waals surface area contributed by atoms with Crippen LogP contribution in [0.2, 0.25) is 0 Å². The lowest BCUT2D eigenvalue weighted by Gasteiger charge is -2.07. The summed E-state index contributed by atoms with van der Waals surface area (Å²) in [6.45, 7) is 2.19. The quantitative estimate of drug-likeness (QED) is 0.607. The summed E-state index contributed by atoms with van der Waals surface area (Å²) in [7, 11) is 0. The number of thiophene rings is 1. The first-order valence-corrected chi connectivity index (χ1v) is 8.75. The van der Waals surface area contributed by atoms with Gasteiger partial charge in [0.1, 0.15) is 16.3 Å². The Hall–Kier alpha value is -2.93. The Kier molecular flexibility index (Phi) is 4.07. The van der Waals surface area contributed by atoms with Gasteiger partial charge in [0.2, 0.25) is 0 Å². The number of rotatable bonds is 4. The molecule has 0 saturated carbocycles. The Morgan fingerprint density at radius 1 is 1.12 bits per heavy atom. The summed E-state index contributed by atoms with van der Waals surface area (Å²) in [5.41, 5.74) is 7.85. The van der Waals surface area contributed by atoms with E-state index in [-0.39, 0.29) is 0 Å². The lowest BCUT2D eigenvalue weighted by molar-refractivity contribution is 0.755. The van der Waals surface area contributed by atoms with Crippen LogP contribution in [0.15, 0.2) is 49.1 Å². The highest BCUT2D eigenvalue weighted by Gasteiger charge is 2.16. The molecule has 0 bridgehead atoms. The standard InChI is InChI=1S/C18H16N6S/c1-11(8-12-4-2-3-5-21-12)15-9-13-16(19)23-17(24-18(13)25-15)14-10-20-6-7-22-14/h2-7,9-11H,8H2,1H3,(H2,19,23,24). The minimum atomic E-state index is 0.327. The number of hydrogen-bond donors (Lipinski definition) is 1. The summed E-state index contributed by atoms with van der Waals surface area (Å²) < 4.78 is 0. The number of nitrogens with zero attached hydrogens (tertiary/aromatic N) is 5. The molecule has 1 atom stereocenters. The molecule has 1 unspecified atom stereocenters. The predicted molar refractivity (Wildman–Crippen MR) is 99.2 cm³/mol. The molecule has 0 aliphatic heterocycles. The largest absolute Gasteiger partial charge is 0.383 e. The number of fused-ring (bicyclic) bond motifs is 1. The number of aromatic nitrogens is 5. The Morgan fingerprint density at radius 2 is 2.04 bits per heavy atom. The summed E-state index contributed by atoms with van der Waals surface area (Å²) in [6, 6.07) is 8.07. The van der Waals surface area contributed by atoms with Gasteiger partial charge in [-0.05, 0) is 30.5 Å². The van der Waals surface area contributed by atoms with Gasteiger partial charge in [-0.1, -0.05) is 13.0 Å². The fourth-order valence-electron chi connectivity index (χ4n) is 2.67. The van der Waals surface area contributed by atoms with E-state index in [0.29, 0.717) is 23.3 Å². The van der Waals surface area contributed by atoms with Crippen molar-refractivity contribution in [3.8, 4) is 11.5 Å². The van der Waals surface area contributed by atoms with E-state index < -0.39 is 0 Å². The van der Waals surface area contributed by atoms with Crippen LogP contribution in [0.3, 0.4) is 0 Å². The molecule has 2 N–H and O–H groups in total. The molecule has 0 saturated heterocycles. The fourth-order valence-corrected chi connectivity index (χ4v) is 3.76. The Bertz CT molecular complexity index is 1000. The van der Waals surface area contributed by atoms with E-state index in [1.165, 1.54) is 4.88 Å². The smallest absolute Gasteiger partial charge is 0.183 e. The second-order valence-electron chi connectivity index (χ2n) is 5.82. The van der Waals surface area contributed by atoms with E-state index in [4.69, 9.17) is 5.73 Å². The zero-order valence-corrected chi connectivity index (χ0v) is 14.4. The molecule has 4 aromatic heterocycles. The first-order chi connectivity index (χ1) is 12.2. The monoisotopic (exact) mass is 348 g/mol. The van der Waals surface area contributed by atoms with Crippen molar-refractivity contribution < 1.29 is 0 Å². The molecule has 25 heavy (non-hydrogen) atoms. The molecule has 4 rings (SSSR count). The van der Waals surface area contributed by atoms with Gasteiger partial charge >= 0.3 is 0 Å². The first-order valence-electron chi connectivity index (χ1n) is 7.94. The number of nitrogens with two attached hydrogens (primary N) is 1. The second kappa shape index (κ2) is 6.52. The molecule has 0 spiro atoms. The van der Waals surface area contributed by atoms with Gasteiger partial charge in [0.15, 0.2) is 5.82 Å². The number of anilines is 1. The van der Waals surface area contributed by atoms with Crippen LogP contribution in [-0.4, -0.2) is 24.9 Å². The van der Waals surface area contributed by atoms with Crippen molar-refractivity contribution in [2.24, 2.45) is 0 Å². The minimum Gasteiger partial charge on any atom is -0.383 e. The maximum Gasteiger partial charge on any atom is 0.183 e. The van der Waals surface area contributed by atoms with Gasteiger partial charge in [-0.15, -0.1) is 11.3 Å². The van der Waals surface area contributed by atoms with Gasteiger partial charge in [-0.2, -0.15) is 0 Å². The second-order valence-corrected chi connectivity index (χ2v) is 6.88. The number of hydrogen-bond acceptors (Lipinski definition) is 7. The van der Waals surface area contributed by atoms with Crippen LogP contribution in [-0.2, 0) is 6.42 Å². The third kappa shape index (κ3) is 3.18. The van der Waals surface area contributed by atoms with Crippen molar-refractivity contribution in [1.82, 2.24) is 24.9 Å².